The lowest BCUT2D eigenvalue weighted by atomic mass is 9.95. The number of nitrogens with zero attached hydrogens (tertiary/aromatic N) is 3. The third kappa shape index (κ3) is 3.75. The zero-order chi connectivity index (χ0) is 17.3. The number of nitrogens with two attached hydrogens (primary N) is 1. The monoisotopic (exact) mass is 382 g/mol. The maximum Gasteiger partial charge on any atom is 0.147 e. The van der Waals surface area contributed by atoms with Crippen LogP contribution in [0.4, 0.5) is 0 Å². The molecule has 0 fully saturated rings. The zero-order valence-corrected chi connectivity index (χ0v) is 15.9. The molecule has 6 heteroatoms. The van der Waals surface area contributed by atoms with Crippen LogP contribution >= 0.6 is 23.7 Å². The molecule has 0 amide bonds. The summed E-state index contributed by atoms with van der Waals surface area (Å²) < 4.78 is 0. The molecule has 0 saturated carbocycles. The highest BCUT2D eigenvalue weighted by atomic mass is 35.5. The van der Waals surface area contributed by atoms with Crippen LogP contribution in [-0.2, 0) is 12.0 Å². The summed E-state index contributed by atoms with van der Waals surface area (Å²) in [6.45, 7) is 2.01. The van der Waals surface area contributed by atoms with Crippen molar-refractivity contribution < 1.29 is 0 Å². The fourth-order valence-electron chi connectivity index (χ4n) is 2.88. The first kappa shape index (κ1) is 18.5. The standard InChI is InChI=1S/C20H18N4S.ClH/c1-20(21,12-14-5-3-2-4-6-14)19-24-23-18(25-19)16-7-8-17-13-22-10-9-15(17)11-16;/h2-11,13H,12,21H2,1H3;1H. The van der Waals surface area contributed by atoms with E-state index in [1.807, 2.05) is 37.4 Å². The van der Waals surface area contributed by atoms with Gasteiger partial charge >= 0.3 is 0 Å². The van der Waals surface area contributed by atoms with Crippen LogP contribution in [0.15, 0.2) is 67.0 Å². The highest BCUT2D eigenvalue weighted by Gasteiger charge is 2.26. The third-order valence-corrected chi connectivity index (χ3v) is 5.47. The van der Waals surface area contributed by atoms with Crippen molar-refractivity contribution in [1.29, 1.82) is 0 Å². The Hall–Kier alpha value is -2.34. The maximum atomic E-state index is 6.55. The summed E-state index contributed by atoms with van der Waals surface area (Å²) in [5.74, 6) is 0. The normalized spacial score (nSPS) is 13.2. The first-order chi connectivity index (χ1) is 12.1. The predicted molar refractivity (Wildman–Crippen MR) is 110 cm³/mol. The van der Waals surface area contributed by atoms with Crippen LogP contribution in [0, 0.1) is 0 Å². The van der Waals surface area contributed by atoms with Gasteiger partial charge < -0.3 is 5.73 Å². The second-order valence-electron chi connectivity index (χ2n) is 6.43. The minimum absolute atomic E-state index is 0. The topological polar surface area (TPSA) is 64.7 Å². The van der Waals surface area contributed by atoms with Crippen LogP contribution in [0.2, 0.25) is 0 Å². The Balaban J connectivity index is 0.00000196. The van der Waals surface area contributed by atoms with Crippen molar-refractivity contribution >= 4 is 34.5 Å². The van der Waals surface area contributed by atoms with Crippen molar-refractivity contribution in [2.45, 2.75) is 18.9 Å². The number of benzene rings is 2. The van der Waals surface area contributed by atoms with Gasteiger partial charge in [0.25, 0.3) is 0 Å². The number of rotatable bonds is 4. The smallest absolute Gasteiger partial charge is 0.147 e. The Morgan fingerprint density at radius 3 is 2.62 bits per heavy atom. The van der Waals surface area contributed by atoms with Crippen LogP contribution in [0.25, 0.3) is 21.3 Å². The molecule has 0 spiro atoms. The third-order valence-electron chi connectivity index (χ3n) is 4.22. The number of aromatic nitrogens is 3. The first-order valence-electron chi connectivity index (χ1n) is 8.13. The van der Waals surface area contributed by atoms with E-state index in [4.69, 9.17) is 5.73 Å². The molecule has 132 valence electrons. The molecule has 0 aliphatic carbocycles. The lowest BCUT2D eigenvalue weighted by molar-refractivity contribution is 0.484. The molecule has 0 bridgehead atoms. The lowest BCUT2D eigenvalue weighted by Gasteiger charge is -2.21. The van der Waals surface area contributed by atoms with Gasteiger partial charge in [-0.15, -0.1) is 22.6 Å². The molecule has 0 aliphatic heterocycles. The molecular formula is C20H19ClN4S. The SMILES string of the molecule is CC(N)(Cc1ccccc1)c1nnc(-c2ccc3cnccc3c2)s1.Cl. The molecule has 1 unspecified atom stereocenters. The number of pyridine rings is 1. The van der Waals surface area contributed by atoms with E-state index < -0.39 is 5.54 Å². The molecular weight excluding hydrogens is 364 g/mol. The van der Waals surface area contributed by atoms with Gasteiger partial charge in [0.1, 0.15) is 10.0 Å². The van der Waals surface area contributed by atoms with Gasteiger partial charge in [-0.05, 0) is 36.4 Å². The van der Waals surface area contributed by atoms with Gasteiger partial charge in [0.05, 0.1) is 5.54 Å². The minimum Gasteiger partial charge on any atom is -0.319 e. The van der Waals surface area contributed by atoms with Crippen molar-refractivity contribution in [1.82, 2.24) is 15.2 Å². The predicted octanol–water partition coefficient (Wildman–Crippen LogP) is 4.59. The quantitative estimate of drug-likeness (QED) is 0.560. The summed E-state index contributed by atoms with van der Waals surface area (Å²) in [4.78, 5) is 4.15. The van der Waals surface area contributed by atoms with E-state index in [0.717, 1.165) is 32.8 Å². The molecule has 1 atom stereocenters. The molecule has 2 aromatic heterocycles. The summed E-state index contributed by atoms with van der Waals surface area (Å²) in [5, 5.41) is 12.7. The van der Waals surface area contributed by atoms with Gasteiger partial charge in [0.2, 0.25) is 0 Å². The summed E-state index contributed by atoms with van der Waals surface area (Å²) in [6.07, 6.45) is 4.39. The van der Waals surface area contributed by atoms with Crippen molar-refractivity contribution in [2.24, 2.45) is 5.73 Å². The van der Waals surface area contributed by atoms with Crippen molar-refractivity contribution in [3.05, 3.63) is 77.6 Å². The molecule has 0 aliphatic rings. The van der Waals surface area contributed by atoms with Crippen LogP contribution in [0.5, 0.6) is 0 Å². The number of halogens is 1. The van der Waals surface area contributed by atoms with Crippen molar-refractivity contribution in [3.63, 3.8) is 0 Å². The Morgan fingerprint density at radius 2 is 1.81 bits per heavy atom. The van der Waals surface area contributed by atoms with Crippen molar-refractivity contribution in [2.75, 3.05) is 0 Å². The van der Waals surface area contributed by atoms with E-state index >= 15 is 0 Å². The van der Waals surface area contributed by atoms with E-state index in [0.29, 0.717) is 0 Å². The van der Waals surface area contributed by atoms with Gasteiger partial charge in [-0.25, -0.2) is 0 Å². The Morgan fingerprint density at radius 1 is 1.00 bits per heavy atom. The number of hydrogen-bond donors (Lipinski definition) is 1. The average molecular weight is 383 g/mol. The fourth-order valence-corrected chi connectivity index (χ4v) is 3.78. The molecule has 2 N–H and O–H groups in total. The van der Waals surface area contributed by atoms with E-state index in [9.17, 15) is 0 Å². The summed E-state index contributed by atoms with van der Waals surface area (Å²) in [7, 11) is 0. The number of fused-ring (bicyclic) bond motifs is 1. The Bertz CT molecular complexity index is 1010. The van der Waals surface area contributed by atoms with Gasteiger partial charge in [-0.3, -0.25) is 4.98 Å². The van der Waals surface area contributed by atoms with Crippen LogP contribution < -0.4 is 5.73 Å². The van der Waals surface area contributed by atoms with E-state index in [2.05, 4.69) is 45.5 Å². The Kier molecular flexibility index (Phi) is 5.32. The highest BCUT2D eigenvalue weighted by Crippen LogP contribution is 2.31. The molecule has 0 radical (unpaired) electrons. The molecule has 4 rings (SSSR count). The summed E-state index contributed by atoms with van der Waals surface area (Å²) in [6, 6.07) is 18.5. The summed E-state index contributed by atoms with van der Waals surface area (Å²) >= 11 is 1.56. The van der Waals surface area contributed by atoms with Gasteiger partial charge in [-0.2, -0.15) is 0 Å². The van der Waals surface area contributed by atoms with E-state index in [-0.39, 0.29) is 12.4 Å². The van der Waals surface area contributed by atoms with Gasteiger partial charge in [0.15, 0.2) is 0 Å². The van der Waals surface area contributed by atoms with E-state index in [1.165, 1.54) is 5.56 Å². The fraction of sp³-hybridized carbons (Fsp3) is 0.150. The van der Waals surface area contributed by atoms with Gasteiger partial charge in [-0.1, -0.05) is 53.8 Å². The summed E-state index contributed by atoms with van der Waals surface area (Å²) in [5.41, 5.74) is 8.26. The highest BCUT2D eigenvalue weighted by molar-refractivity contribution is 7.14. The minimum atomic E-state index is -0.544. The molecule has 2 heterocycles. The second kappa shape index (κ2) is 7.50. The lowest BCUT2D eigenvalue weighted by Crippen LogP contribution is -2.35. The van der Waals surface area contributed by atoms with Crippen LogP contribution in [0.1, 0.15) is 17.5 Å². The second-order valence-corrected chi connectivity index (χ2v) is 7.41. The number of hydrogen-bond acceptors (Lipinski definition) is 5. The molecule has 4 aromatic rings. The van der Waals surface area contributed by atoms with Gasteiger partial charge in [0, 0.05) is 23.3 Å². The Labute approximate surface area is 162 Å². The first-order valence-corrected chi connectivity index (χ1v) is 8.94. The van der Waals surface area contributed by atoms with Crippen molar-refractivity contribution in [3.8, 4) is 10.6 Å². The van der Waals surface area contributed by atoms with Crippen LogP contribution in [-0.4, -0.2) is 15.2 Å². The van der Waals surface area contributed by atoms with E-state index in [1.54, 1.807) is 17.5 Å². The van der Waals surface area contributed by atoms with Crippen LogP contribution in [0.3, 0.4) is 0 Å². The maximum absolute atomic E-state index is 6.55. The molecule has 2 aromatic carbocycles. The average Bonchev–Trinajstić information content (AvgIpc) is 3.13. The molecule has 4 nitrogen and oxygen atoms in total. The molecule has 0 saturated heterocycles. The largest absolute Gasteiger partial charge is 0.319 e. The molecule has 26 heavy (non-hydrogen) atoms. The zero-order valence-electron chi connectivity index (χ0n) is 14.3.